The van der Waals surface area contributed by atoms with Gasteiger partial charge >= 0.3 is 12.1 Å². The molecule has 0 unspecified atom stereocenters. The number of aliphatic hydroxyl groups excluding tert-OH is 1. The molecule has 0 fully saturated rings. The van der Waals surface area contributed by atoms with Crippen molar-refractivity contribution < 1.29 is 61.2 Å². The number of carbonyl (C=O) groups is 4. The quantitative estimate of drug-likeness (QED) is 0.0852. The maximum absolute atomic E-state index is 13.9. The van der Waals surface area contributed by atoms with Crippen LogP contribution in [0, 0.1) is 29.6 Å². The van der Waals surface area contributed by atoms with Crippen molar-refractivity contribution in [3.8, 4) is 23.2 Å². The van der Waals surface area contributed by atoms with Crippen molar-refractivity contribution in [3.63, 3.8) is 0 Å². The van der Waals surface area contributed by atoms with Crippen LogP contribution in [-0.4, -0.2) is 108 Å². The summed E-state index contributed by atoms with van der Waals surface area (Å²) in [5.41, 5.74) is 7.19. The van der Waals surface area contributed by atoms with Gasteiger partial charge in [-0.05, 0) is 62.0 Å². The third-order valence-electron chi connectivity index (χ3n) is 12.0. The molecule has 6 bridgehead atoms. The number of amides is 2. The number of cyclic esters (lactones) is 1. The standard InChI is InChI=1S/C47H67N5O13/c1-27(16-17-52(7)26-53)18-30(4)37(54)15-14-29(3)40(59-9)22-41-32(6)39(58-8)12-11-13-42-49-35(24-61-42)45-51-36(25-63-45)46-50-34(23-62-46)44(60-10)31(5)38(55)20-28(2)19-33(64-47(48)57)21-43(56)65-41/h11,13,16-18,23-29,31-33,38-41,44,55H,12,14-15,19-22H2,1-10H3,(H2,48,57)/b13-11+,17-16+,30-18+/t27-,28+,29+,31+,32-,33+,38+,39+,40+,41+,44-/m1/s1. The molecule has 358 valence electrons. The van der Waals surface area contributed by atoms with Crippen LogP contribution in [0.1, 0.15) is 104 Å². The molecule has 4 heterocycles. The van der Waals surface area contributed by atoms with Crippen LogP contribution in [0.4, 0.5) is 4.79 Å². The summed E-state index contributed by atoms with van der Waals surface area (Å²) in [7, 11) is 6.30. The second-order valence-electron chi connectivity index (χ2n) is 17.2. The Morgan fingerprint density at radius 3 is 2.35 bits per heavy atom. The fraction of sp³-hybridized carbons (Fsp3) is 0.596. The van der Waals surface area contributed by atoms with E-state index in [9.17, 15) is 24.3 Å². The van der Waals surface area contributed by atoms with E-state index in [0.717, 1.165) is 0 Å². The summed E-state index contributed by atoms with van der Waals surface area (Å²) in [5, 5.41) is 11.4. The number of esters is 1. The SMILES string of the molecule is CO[C@H]1C/C=C/c2nc(co2)-c2nc(co2)-c2nc(co2)[C@H](OC)[C@@H](C)[C@@H](O)C[C@@H](C)C[C@H](OC(N)=O)CC(=O)O[C@@H](C[C@H](OC)[C@@H](C)CCC(=O)/C(C)=C/[C@H](C)/C=C/N(C)C=O)[C@@H]1C. The summed E-state index contributed by atoms with van der Waals surface area (Å²) in [6.45, 7) is 11.3. The van der Waals surface area contributed by atoms with Gasteiger partial charge in [0.05, 0.1) is 24.7 Å². The minimum atomic E-state index is -1.05. The molecule has 0 aromatic carbocycles. The average Bonchev–Trinajstić information content (AvgIpc) is 4.06. The minimum absolute atomic E-state index is 0.0101. The molecule has 1 aliphatic rings. The molecule has 3 aromatic rings. The summed E-state index contributed by atoms with van der Waals surface area (Å²) in [6.07, 6.45) is 10.2. The van der Waals surface area contributed by atoms with Gasteiger partial charge in [-0.2, -0.15) is 0 Å². The zero-order valence-electron chi connectivity index (χ0n) is 39.2. The summed E-state index contributed by atoms with van der Waals surface area (Å²) in [6, 6.07) is 0. The Balaban J connectivity index is 1.61. The van der Waals surface area contributed by atoms with Crippen LogP contribution in [0.5, 0.6) is 0 Å². The van der Waals surface area contributed by atoms with E-state index in [1.165, 1.54) is 30.8 Å². The number of nitrogens with zero attached hydrogens (tertiary/aromatic N) is 4. The zero-order valence-corrected chi connectivity index (χ0v) is 39.2. The Labute approximate surface area is 380 Å². The van der Waals surface area contributed by atoms with Crippen molar-refractivity contribution in [2.75, 3.05) is 28.4 Å². The summed E-state index contributed by atoms with van der Waals surface area (Å²) < 4.78 is 46.6. The van der Waals surface area contributed by atoms with E-state index < -0.39 is 60.5 Å². The van der Waals surface area contributed by atoms with Crippen LogP contribution in [0.15, 0.2) is 62.0 Å². The van der Waals surface area contributed by atoms with Gasteiger partial charge in [-0.25, -0.2) is 19.7 Å². The van der Waals surface area contributed by atoms with Crippen LogP contribution < -0.4 is 5.73 Å². The molecule has 0 spiro atoms. The third-order valence-corrected chi connectivity index (χ3v) is 12.0. The van der Waals surface area contributed by atoms with Crippen LogP contribution in [0.2, 0.25) is 0 Å². The summed E-state index contributed by atoms with van der Waals surface area (Å²) >= 11 is 0. The molecule has 0 saturated heterocycles. The molecule has 11 atom stereocenters. The van der Waals surface area contributed by atoms with Crippen molar-refractivity contribution in [2.24, 2.45) is 35.3 Å². The number of ketones is 1. The van der Waals surface area contributed by atoms with Gasteiger partial charge in [0, 0.05) is 59.3 Å². The molecule has 2 amide bonds. The Hall–Kier alpha value is -5.43. The lowest BCUT2D eigenvalue weighted by Crippen LogP contribution is -2.39. The first kappa shape index (κ1) is 52.2. The van der Waals surface area contributed by atoms with Crippen molar-refractivity contribution in [2.45, 2.75) is 123 Å². The number of primary amides is 1. The number of rotatable bonds is 15. The molecule has 65 heavy (non-hydrogen) atoms. The van der Waals surface area contributed by atoms with Gasteiger partial charge < -0.3 is 52.7 Å². The number of ether oxygens (including phenoxy) is 5. The normalized spacial score (nSPS) is 26.0. The number of Topliss-reactive ketones (excluding diaryl/α,β-unsaturated/α-hetero) is 1. The first-order valence-corrected chi connectivity index (χ1v) is 22.0. The molecule has 3 N–H and O–H groups in total. The van der Waals surface area contributed by atoms with Crippen LogP contribution in [0.25, 0.3) is 29.2 Å². The lowest BCUT2D eigenvalue weighted by Gasteiger charge is -2.34. The fourth-order valence-electron chi connectivity index (χ4n) is 8.02. The molecule has 1 aliphatic heterocycles. The van der Waals surface area contributed by atoms with Crippen LogP contribution in [0.3, 0.4) is 0 Å². The Bertz CT molecular complexity index is 2070. The summed E-state index contributed by atoms with van der Waals surface area (Å²) in [5.74, 6) is -1.30. The Morgan fingerprint density at radius 2 is 1.68 bits per heavy atom. The number of fused-ring (bicyclic) bond motifs is 8. The highest BCUT2D eigenvalue weighted by Gasteiger charge is 2.35. The van der Waals surface area contributed by atoms with Gasteiger partial charge in [0.2, 0.25) is 24.1 Å². The van der Waals surface area contributed by atoms with Gasteiger partial charge in [-0.3, -0.25) is 14.4 Å². The van der Waals surface area contributed by atoms with E-state index in [4.69, 9.17) is 42.7 Å². The van der Waals surface area contributed by atoms with E-state index >= 15 is 0 Å². The monoisotopic (exact) mass is 909 g/mol. The zero-order chi connectivity index (χ0) is 47.8. The average molecular weight is 910 g/mol. The van der Waals surface area contributed by atoms with Gasteiger partial charge in [0.25, 0.3) is 0 Å². The number of hydrogen-bond donors (Lipinski definition) is 2. The number of carbonyl (C=O) groups excluding carboxylic acids is 4. The highest BCUT2D eigenvalue weighted by atomic mass is 16.6. The number of methoxy groups -OCH3 is 3. The number of allylic oxidation sites excluding steroid dienone is 3. The van der Waals surface area contributed by atoms with E-state index in [-0.39, 0.29) is 73.3 Å². The van der Waals surface area contributed by atoms with Crippen molar-refractivity contribution >= 4 is 30.3 Å². The maximum Gasteiger partial charge on any atom is 0.404 e. The van der Waals surface area contributed by atoms with E-state index in [1.807, 2.05) is 52.8 Å². The van der Waals surface area contributed by atoms with E-state index in [0.29, 0.717) is 41.9 Å². The van der Waals surface area contributed by atoms with Gasteiger partial charge in [-0.15, -0.1) is 0 Å². The van der Waals surface area contributed by atoms with Crippen LogP contribution in [-0.2, 0) is 38.1 Å². The number of hydrogen-bond acceptors (Lipinski definition) is 16. The molecule has 0 radical (unpaired) electrons. The first-order valence-electron chi connectivity index (χ1n) is 22.0. The molecular weight excluding hydrogens is 843 g/mol. The minimum Gasteiger partial charge on any atom is -0.462 e. The lowest BCUT2D eigenvalue weighted by molar-refractivity contribution is -0.160. The second-order valence-corrected chi connectivity index (χ2v) is 17.2. The number of nitrogens with two attached hydrogens (primary N) is 1. The second kappa shape index (κ2) is 25.3. The van der Waals surface area contributed by atoms with Crippen molar-refractivity contribution in [3.05, 3.63) is 60.4 Å². The molecular formula is C47H67N5O13. The van der Waals surface area contributed by atoms with Crippen LogP contribution >= 0.6 is 0 Å². The predicted octanol–water partition coefficient (Wildman–Crippen LogP) is 7.49. The molecule has 4 rings (SSSR count). The smallest absolute Gasteiger partial charge is 0.404 e. The first-order chi connectivity index (χ1) is 31.0. The van der Waals surface area contributed by atoms with Gasteiger partial charge in [-0.1, -0.05) is 52.8 Å². The predicted molar refractivity (Wildman–Crippen MR) is 238 cm³/mol. The van der Waals surface area contributed by atoms with Gasteiger partial charge in [0.15, 0.2) is 17.2 Å². The van der Waals surface area contributed by atoms with Crippen molar-refractivity contribution in [1.82, 2.24) is 19.9 Å². The number of aliphatic hydroxyl groups is 1. The highest BCUT2D eigenvalue weighted by Crippen LogP contribution is 2.34. The Morgan fingerprint density at radius 1 is 0.985 bits per heavy atom. The summed E-state index contributed by atoms with van der Waals surface area (Å²) in [4.78, 5) is 65.2. The number of aromatic nitrogens is 3. The topological polar surface area (TPSA) is 242 Å². The fourth-order valence-corrected chi connectivity index (χ4v) is 8.02. The van der Waals surface area contributed by atoms with Gasteiger partial charge in [0.1, 0.15) is 42.8 Å². The maximum atomic E-state index is 13.9. The molecule has 18 heteroatoms. The Kier molecular flexibility index (Phi) is 20.3. The lowest BCUT2D eigenvalue weighted by atomic mass is 9.86. The third kappa shape index (κ3) is 15.6. The largest absolute Gasteiger partial charge is 0.462 e. The number of oxazole rings is 3. The molecule has 0 saturated carbocycles. The molecule has 0 aliphatic carbocycles. The molecule has 3 aromatic heterocycles. The van der Waals surface area contributed by atoms with Crippen molar-refractivity contribution in [1.29, 1.82) is 0 Å². The highest BCUT2D eigenvalue weighted by molar-refractivity contribution is 5.94. The van der Waals surface area contributed by atoms with E-state index in [2.05, 4.69) is 15.0 Å². The molecule has 18 nitrogen and oxygen atoms in total. The van der Waals surface area contributed by atoms with E-state index in [1.54, 1.807) is 40.5 Å².